The maximum Gasteiger partial charge on any atom is 0.331 e. The Bertz CT molecular complexity index is 906. The summed E-state index contributed by atoms with van der Waals surface area (Å²) < 4.78 is 30.0. The molecule has 1 unspecified atom stereocenters. The minimum absolute atomic E-state index is 0.0857. The van der Waals surface area contributed by atoms with E-state index in [1.165, 1.54) is 6.20 Å². The predicted molar refractivity (Wildman–Crippen MR) is 114 cm³/mol. The standard InChI is InChI=1S/C21H27FN4O2S/c1-12-8-9-17(24-11-12)18(10-23)29(28)26-21(27)25-20-15-6-2-4-13(15)19(22)14-5-3-7-16(14)20/h10,12H,2-9,11,23H2,1H3,(H2,25,26,27)/t12-,29?/m0/s1. The highest BCUT2D eigenvalue weighted by molar-refractivity contribution is 7.88. The molecule has 0 bridgehead atoms. The molecule has 1 heterocycles. The molecule has 156 valence electrons. The molecule has 1 aliphatic heterocycles. The average molecular weight is 419 g/mol. The van der Waals surface area contributed by atoms with Crippen molar-refractivity contribution in [2.24, 2.45) is 16.6 Å². The van der Waals surface area contributed by atoms with Crippen molar-refractivity contribution in [1.82, 2.24) is 4.72 Å². The Kier molecular flexibility index (Phi) is 5.72. The van der Waals surface area contributed by atoms with Crippen LogP contribution < -0.4 is 15.8 Å². The summed E-state index contributed by atoms with van der Waals surface area (Å²) in [6, 6.07) is -0.567. The van der Waals surface area contributed by atoms with Crippen LogP contribution in [0.25, 0.3) is 0 Å². The zero-order valence-corrected chi connectivity index (χ0v) is 17.5. The highest BCUT2D eigenvalue weighted by atomic mass is 32.2. The van der Waals surface area contributed by atoms with Crippen molar-refractivity contribution < 1.29 is 13.4 Å². The van der Waals surface area contributed by atoms with Gasteiger partial charge < -0.3 is 11.1 Å². The van der Waals surface area contributed by atoms with Crippen molar-refractivity contribution in [3.05, 3.63) is 39.2 Å². The Labute approximate surface area is 172 Å². The van der Waals surface area contributed by atoms with E-state index in [1.54, 1.807) is 0 Å². The second-order valence-electron chi connectivity index (χ2n) is 8.10. The number of fused-ring (bicyclic) bond motifs is 2. The fourth-order valence-electron chi connectivity index (χ4n) is 4.60. The third-order valence-corrected chi connectivity index (χ3v) is 7.24. The number of nitrogens with zero attached hydrogens (tertiary/aromatic N) is 1. The molecule has 0 saturated heterocycles. The number of carbonyl (C=O) groups excluding carboxylic acids is 1. The highest BCUT2D eigenvalue weighted by Gasteiger charge is 2.30. The Hall–Kier alpha value is -2.22. The molecule has 8 heteroatoms. The van der Waals surface area contributed by atoms with Gasteiger partial charge in [-0.1, -0.05) is 6.92 Å². The predicted octanol–water partition coefficient (Wildman–Crippen LogP) is 3.26. The number of allylic oxidation sites excluding steroid dienone is 1. The molecular weight excluding hydrogens is 391 g/mol. The number of urea groups is 1. The summed E-state index contributed by atoms with van der Waals surface area (Å²) in [4.78, 5) is 17.5. The van der Waals surface area contributed by atoms with Crippen LogP contribution in [-0.2, 0) is 36.7 Å². The topological polar surface area (TPSA) is 96.6 Å². The van der Waals surface area contributed by atoms with Gasteiger partial charge >= 0.3 is 6.03 Å². The minimum atomic E-state index is -1.80. The summed E-state index contributed by atoms with van der Waals surface area (Å²) in [5.74, 6) is 0.405. The fraction of sp³-hybridized carbons (Fsp3) is 0.524. The second kappa shape index (κ2) is 8.26. The summed E-state index contributed by atoms with van der Waals surface area (Å²) >= 11 is 0. The first-order valence-electron chi connectivity index (χ1n) is 10.3. The molecule has 0 radical (unpaired) electrons. The molecule has 0 spiro atoms. The number of nitrogens with one attached hydrogen (secondary N) is 2. The van der Waals surface area contributed by atoms with Gasteiger partial charge in [0.05, 0.1) is 10.6 Å². The van der Waals surface area contributed by atoms with Gasteiger partial charge in [0.2, 0.25) is 0 Å². The van der Waals surface area contributed by atoms with Gasteiger partial charge in [0.1, 0.15) is 5.82 Å². The molecule has 2 amide bonds. The zero-order chi connectivity index (χ0) is 20.5. The summed E-state index contributed by atoms with van der Waals surface area (Å²) in [6.07, 6.45) is 7.59. The summed E-state index contributed by atoms with van der Waals surface area (Å²) in [6.45, 7) is 2.79. The minimum Gasteiger partial charge on any atom is -0.404 e. The molecule has 1 aromatic carbocycles. The van der Waals surface area contributed by atoms with Crippen LogP contribution in [0.15, 0.2) is 16.1 Å². The molecular formula is C21H27FN4O2S. The van der Waals surface area contributed by atoms with Crippen LogP contribution in [0.2, 0.25) is 0 Å². The number of benzene rings is 1. The van der Waals surface area contributed by atoms with Crippen molar-refractivity contribution in [2.45, 2.75) is 58.3 Å². The normalized spacial score (nSPS) is 21.9. The monoisotopic (exact) mass is 418 g/mol. The lowest BCUT2D eigenvalue weighted by Crippen LogP contribution is -2.34. The van der Waals surface area contributed by atoms with E-state index in [0.29, 0.717) is 48.0 Å². The van der Waals surface area contributed by atoms with Crippen molar-refractivity contribution in [3.8, 4) is 0 Å². The van der Waals surface area contributed by atoms with Crippen LogP contribution in [-0.4, -0.2) is 22.5 Å². The number of amides is 2. The highest BCUT2D eigenvalue weighted by Crippen LogP contribution is 2.40. The number of rotatable bonds is 4. The lowest BCUT2D eigenvalue weighted by atomic mass is 9.98. The number of hydrogen-bond donors (Lipinski definition) is 3. The van der Waals surface area contributed by atoms with Crippen LogP contribution >= 0.6 is 0 Å². The number of aliphatic imine (C=N–C) groups is 1. The molecule has 4 rings (SSSR count). The van der Waals surface area contributed by atoms with Gasteiger partial charge in [-0.15, -0.1) is 0 Å². The molecule has 0 saturated carbocycles. The summed E-state index contributed by atoms with van der Waals surface area (Å²) in [5, 5.41) is 2.87. The second-order valence-corrected chi connectivity index (χ2v) is 9.28. The van der Waals surface area contributed by atoms with E-state index in [9.17, 15) is 13.4 Å². The molecule has 2 atom stereocenters. The van der Waals surface area contributed by atoms with E-state index in [1.807, 2.05) is 0 Å². The van der Waals surface area contributed by atoms with Gasteiger partial charge in [0, 0.05) is 18.4 Å². The maximum atomic E-state index is 14.8. The van der Waals surface area contributed by atoms with Gasteiger partial charge in [-0.05, 0) is 79.5 Å². The first kappa shape index (κ1) is 20.1. The molecule has 3 aliphatic rings. The molecule has 0 aromatic heterocycles. The zero-order valence-electron chi connectivity index (χ0n) is 16.6. The lowest BCUT2D eigenvalue weighted by Gasteiger charge is -2.20. The molecule has 1 aromatic rings. The SMILES string of the molecule is C[C@H]1CCC(C(=CN)S(=O)NC(=O)Nc2c3c(c(F)c4c2CCC4)CCC3)=NC1. The van der Waals surface area contributed by atoms with Crippen LogP contribution in [0.5, 0.6) is 0 Å². The fourth-order valence-corrected chi connectivity index (χ4v) is 5.44. The third kappa shape index (κ3) is 3.82. The summed E-state index contributed by atoms with van der Waals surface area (Å²) in [5.41, 5.74) is 10.3. The Morgan fingerprint density at radius 1 is 1.14 bits per heavy atom. The van der Waals surface area contributed by atoms with Crippen molar-refractivity contribution in [1.29, 1.82) is 0 Å². The van der Waals surface area contributed by atoms with Crippen LogP contribution in [0, 0.1) is 11.7 Å². The van der Waals surface area contributed by atoms with Crippen molar-refractivity contribution >= 4 is 28.4 Å². The molecule has 0 fully saturated rings. The number of anilines is 1. The largest absolute Gasteiger partial charge is 0.404 e. The molecule has 2 aliphatic carbocycles. The van der Waals surface area contributed by atoms with Gasteiger partial charge in [-0.25, -0.2) is 13.4 Å². The summed E-state index contributed by atoms with van der Waals surface area (Å²) in [7, 11) is -1.80. The molecule has 6 nitrogen and oxygen atoms in total. The quantitative estimate of drug-likeness (QED) is 0.700. The number of carbonyl (C=O) groups is 1. The van der Waals surface area contributed by atoms with E-state index in [0.717, 1.165) is 54.4 Å². The third-order valence-electron chi connectivity index (χ3n) is 6.10. The van der Waals surface area contributed by atoms with Crippen molar-refractivity contribution in [3.63, 3.8) is 0 Å². The van der Waals surface area contributed by atoms with E-state index in [2.05, 4.69) is 22.0 Å². The van der Waals surface area contributed by atoms with E-state index >= 15 is 0 Å². The van der Waals surface area contributed by atoms with Gasteiger partial charge in [-0.2, -0.15) is 0 Å². The lowest BCUT2D eigenvalue weighted by molar-refractivity contribution is 0.257. The molecule has 4 N–H and O–H groups in total. The Balaban J connectivity index is 1.52. The molecule has 29 heavy (non-hydrogen) atoms. The number of hydrogen-bond acceptors (Lipinski definition) is 4. The van der Waals surface area contributed by atoms with E-state index in [-0.39, 0.29) is 5.82 Å². The smallest absolute Gasteiger partial charge is 0.331 e. The van der Waals surface area contributed by atoms with Gasteiger partial charge in [-0.3, -0.25) is 9.71 Å². The van der Waals surface area contributed by atoms with Crippen LogP contribution in [0.3, 0.4) is 0 Å². The maximum absolute atomic E-state index is 14.8. The van der Waals surface area contributed by atoms with E-state index in [4.69, 9.17) is 5.73 Å². The van der Waals surface area contributed by atoms with Gasteiger partial charge in [0.15, 0.2) is 11.0 Å². The van der Waals surface area contributed by atoms with Crippen LogP contribution in [0.4, 0.5) is 14.9 Å². The Morgan fingerprint density at radius 2 is 1.76 bits per heavy atom. The first-order valence-corrected chi connectivity index (χ1v) is 11.4. The average Bonchev–Trinajstić information content (AvgIpc) is 3.37. The number of halogens is 1. The first-order chi connectivity index (χ1) is 14.0. The van der Waals surface area contributed by atoms with Crippen molar-refractivity contribution in [2.75, 3.05) is 11.9 Å². The van der Waals surface area contributed by atoms with E-state index < -0.39 is 17.0 Å². The Morgan fingerprint density at radius 3 is 2.31 bits per heavy atom. The van der Waals surface area contributed by atoms with Crippen LogP contribution in [0.1, 0.15) is 54.9 Å². The van der Waals surface area contributed by atoms with Gasteiger partial charge in [0.25, 0.3) is 0 Å². The number of nitrogens with two attached hydrogens (primary N) is 1.